The standard InChI is InChI=1S/C27H29BrN6O6/c28-18-5-15(4-17(8-18)27(14-29)2-1-3-27)22(10-24(38)39)34-23(37)13-30-25(40)16-6-19(9-20(35)7-16)33-26-31-11-21(36)12-32-26/h4-9,21-22,35-36H,1-3,10-13H2,(H,30,40)(H,34,37)(H,38,39)(H2,31,32,33)/t22-/m0/s1. The third kappa shape index (κ3) is 7.08. The van der Waals surface area contributed by atoms with Gasteiger partial charge in [0.15, 0.2) is 5.96 Å². The quantitative estimate of drug-likeness (QED) is 0.221. The maximum Gasteiger partial charge on any atom is 0.305 e. The fraction of sp³-hybridized carbons (Fsp3) is 0.370. The Balaban J connectivity index is 1.42. The summed E-state index contributed by atoms with van der Waals surface area (Å²) >= 11 is 3.44. The van der Waals surface area contributed by atoms with E-state index >= 15 is 0 Å². The average molecular weight is 613 g/mol. The van der Waals surface area contributed by atoms with Gasteiger partial charge in [-0.25, -0.2) is 0 Å². The van der Waals surface area contributed by atoms with E-state index in [4.69, 9.17) is 0 Å². The number of hydrogen-bond acceptors (Lipinski definition) is 9. The molecule has 1 unspecified atom stereocenters. The van der Waals surface area contributed by atoms with E-state index in [0.717, 1.165) is 12.0 Å². The minimum absolute atomic E-state index is 0.0766. The van der Waals surface area contributed by atoms with E-state index < -0.39 is 48.3 Å². The first-order chi connectivity index (χ1) is 19.1. The lowest BCUT2D eigenvalue weighted by atomic mass is 9.65. The minimum Gasteiger partial charge on any atom is -0.508 e. The number of nitrogens with zero attached hydrogens (tertiary/aromatic N) is 2. The molecule has 0 radical (unpaired) electrons. The molecule has 0 saturated heterocycles. The number of nitriles is 1. The summed E-state index contributed by atoms with van der Waals surface area (Å²) in [5, 5.41) is 49.8. The van der Waals surface area contributed by atoms with Crippen molar-refractivity contribution in [2.45, 2.75) is 43.2 Å². The molecule has 0 aromatic heterocycles. The number of nitrogens with one attached hydrogen (secondary N) is 4. The predicted molar refractivity (Wildman–Crippen MR) is 149 cm³/mol. The van der Waals surface area contributed by atoms with Crippen molar-refractivity contribution in [2.24, 2.45) is 4.99 Å². The Morgan fingerprint density at radius 2 is 1.98 bits per heavy atom. The van der Waals surface area contributed by atoms with Gasteiger partial charge in [0, 0.05) is 28.3 Å². The number of guanidine groups is 1. The number of carboxylic acids is 1. The smallest absolute Gasteiger partial charge is 0.305 e. The monoisotopic (exact) mass is 612 g/mol. The molecule has 2 aliphatic rings. The van der Waals surface area contributed by atoms with Crippen molar-refractivity contribution >= 4 is 45.4 Å². The molecule has 1 aliphatic carbocycles. The molecule has 40 heavy (non-hydrogen) atoms. The zero-order valence-corrected chi connectivity index (χ0v) is 23.0. The number of carbonyl (C=O) groups excluding carboxylic acids is 2. The van der Waals surface area contributed by atoms with Gasteiger partial charge in [-0.3, -0.25) is 19.4 Å². The van der Waals surface area contributed by atoms with E-state index in [1.807, 2.05) is 6.07 Å². The number of aliphatic imine (C=N–C) groups is 1. The molecule has 12 nitrogen and oxygen atoms in total. The fourth-order valence-electron chi connectivity index (χ4n) is 4.59. The lowest BCUT2D eigenvalue weighted by Crippen LogP contribution is -2.42. The number of aliphatic hydroxyl groups is 1. The fourth-order valence-corrected chi connectivity index (χ4v) is 5.10. The van der Waals surface area contributed by atoms with Gasteiger partial charge in [0.1, 0.15) is 5.75 Å². The van der Waals surface area contributed by atoms with Crippen molar-refractivity contribution in [2.75, 3.05) is 25.0 Å². The minimum atomic E-state index is -1.12. The second kappa shape index (κ2) is 12.4. The van der Waals surface area contributed by atoms with Crippen LogP contribution in [-0.4, -0.2) is 64.8 Å². The Morgan fingerprint density at radius 1 is 1.20 bits per heavy atom. The van der Waals surface area contributed by atoms with Crippen LogP contribution < -0.4 is 21.3 Å². The van der Waals surface area contributed by atoms with Crippen LogP contribution in [0.15, 0.2) is 45.9 Å². The summed E-state index contributed by atoms with van der Waals surface area (Å²) in [6.07, 6.45) is 1.35. The molecule has 13 heteroatoms. The molecule has 1 saturated carbocycles. The van der Waals surface area contributed by atoms with Crippen LogP contribution in [0, 0.1) is 11.3 Å². The summed E-state index contributed by atoms with van der Waals surface area (Å²) in [5.74, 6) is -2.19. The number of aliphatic carboxylic acids is 1. The number of hydrogen-bond donors (Lipinski definition) is 7. The summed E-state index contributed by atoms with van der Waals surface area (Å²) in [4.78, 5) is 41.2. The number of benzene rings is 2. The summed E-state index contributed by atoms with van der Waals surface area (Å²) in [5.41, 5.74) is 1.12. The Hall–Kier alpha value is -4.15. The molecule has 210 valence electrons. The number of carbonyl (C=O) groups is 3. The highest BCUT2D eigenvalue weighted by Gasteiger charge is 2.39. The number of amides is 2. The topological polar surface area (TPSA) is 196 Å². The number of phenols is 1. The largest absolute Gasteiger partial charge is 0.508 e. The van der Waals surface area contributed by atoms with Crippen LogP contribution in [0.1, 0.15) is 53.2 Å². The van der Waals surface area contributed by atoms with Gasteiger partial charge in [-0.15, -0.1) is 0 Å². The van der Waals surface area contributed by atoms with Crippen LogP contribution in [0.5, 0.6) is 5.75 Å². The number of aliphatic hydroxyl groups excluding tert-OH is 1. The van der Waals surface area contributed by atoms with Crippen molar-refractivity contribution in [1.82, 2.24) is 16.0 Å². The normalized spacial score (nSPS) is 18.1. The molecule has 1 fully saturated rings. The number of carboxylic acid groups (broad SMARTS) is 1. The first-order valence-electron chi connectivity index (χ1n) is 12.7. The highest BCUT2D eigenvalue weighted by molar-refractivity contribution is 9.10. The lowest BCUT2D eigenvalue weighted by Gasteiger charge is -2.36. The van der Waals surface area contributed by atoms with Crippen LogP contribution >= 0.6 is 15.9 Å². The van der Waals surface area contributed by atoms with Crippen molar-refractivity contribution < 1.29 is 29.7 Å². The third-order valence-electron chi connectivity index (χ3n) is 6.83. The van der Waals surface area contributed by atoms with Gasteiger partial charge in [-0.2, -0.15) is 5.26 Å². The molecule has 2 aromatic carbocycles. The number of anilines is 1. The summed E-state index contributed by atoms with van der Waals surface area (Å²) in [7, 11) is 0. The zero-order valence-electron chi connectivity index (χ0n) is 21.4. The van der Waals surface area contributed by atoms with Crippen LogP contribution in [0.4, 0.5) is 5.69 Å². The molecule has 0 spiro atoms. The Kier molecular flexibility index (Phi) is 8.91. The number of phenolic OH excluding ortho intramolecular Hbond substituents is 1. The van der Waals surface area contributed by atoms with Crippen LogP contribution in [-0.2, 0) is 15.0 Å². The SMILES string of the molecule is N#CC1(c2cc(Br)cc([C@H](CC(=O)O)NC(=O)CNC(=O)c3cc(O)cc(NC4=NCC(O)CN4)c3)c2)CCC1. The Morgan fingerprint density at radius 3 is 2.60 bits per heavy atom. The molecule has 2 amide bonds. The Bertz CT molecular complexity index is 1390. The van der Waals surface area contributed by atoms with E-state index in [9.17, 15) is 35.0 Å². The van der Waals surface area contributed by atoms with E-state index in [1.54, 1.807) is 12.1 Å². The molecular weight excluding hydrogens is 584 g/mol. The van der Waals surface area contributed by atoms with E-state index in [2.05, 4.69) is 48.3 Å². The molecular formula is C27H29BrN6O6. The second-order valence-corrected chi connectivity index (χ2v) is 10.8. The molecule has 0 bridgehead atoms. The molecule has 1 aliphatic heterocycles. The van der Waals surface area contributed by atoms with E-state index in [1.165, 1.54) is 18.2 Å². The van der Waals surface area contributed by atoms with Gasteiger partial charge < -0.3 is 36.6 Å². The predicted octanol–water partition coefficient (Wildman–Crippen LogP) is 1.89. The average Bonchev–Trinajstić information content (AvgIpc) is 2.87. The van der Waals surface area contributed by atoms with Gasteiger partial charge in [0.05, 0.1) is 43.1 Å². The van der Waals surface area contributed by atoms with Crippen LogP contribution in [0.3, 0.4) is 0 Å². The number of β-amino-alcohol motifs (C(OH)–C–C–N with tert-alkyl or cyclic N) is 1. The van der Waals surface area contributed by atoms with E-state index in [-0.39, 0.29) is 17.9 Å². The van der Waals surface area contributed by atoms with Gasteiger partial charge in [-0.05, 0) is 54.7 Å². The number of rotatable bonds is 9. The zero-order chi connectivity index (χ0) is 28.9. The number of aromatic hydroxyl groups is 1. The van der Waals surface area contributed by atoms with Crippen molar-refractivity contribution in [1.29, 1.82) is 5.26 Å². The Labute approximate surface area is 238 Å². The van der Waals surface area contributed by atoms with Crippen LogP contribution in [0.2, 0.25) is 0 Å². The summed E-state index contributed by atoms with van der Waals surface area (Å²) in [6.45, 7) is 0.0683. The summed E-state index contributed by atoms with van der Waals surface area (Å²) in [6, 6.07) is 10.9. The van der Waals surface area contributed by atoms with Crippen molar-refractivity contribution in [3.05, 3.63) is 57.6 Å². The maximum absolute atomic E-state index is 12.8. The molecule has 7 N–H and O–H groups in total. The first kappa shape index (κ1) is 28.8. The van der Waals surface area contributed by atoms with E-state index in [0.29, 0.717) is 41.1 Å². The highest BCUT2D eigenvalue weighted by atomic mass is 79.9. The highest BCUT2D eigenvalue weighted by Crippen LogP contribution is 2.44. The third-order valence-corrected chi connectivity index (χ3v) is 7.29. The van der Waals surface area contributed by atoms with Gasteiger partial charge in [-0.1, -0.05) is 22.0 Å². The van der Waals surface area contributed by atoms with Crippen molar-refractivity contribution in [3.8, 4) is 11.8 Å². The van der Waals surface area contributed by atoms with Gasteiger partial charge in [0.2, 0.25) is 5.91 Å². The van der Waals surface area contributed by atoms with Crippen LogP contribution in [0.25, 0.3) is 0 Å². The van der Waals surface area contributed by atoms with Crippen molar-refractivity contribution in [3.63, 3.8) is 0 Å². The maximum atomic E-state index is 12.8. The molecule has 2 aromatic rings. The van der Waals surface area contributed by atoms with Gasteiger partial charge >= 0.3 is 5.97 Å². The molecule has 2 atom stereocenters. The molecule has 1 heterocycles. The lowest BCUT2D eigenvalue weighted by molar-refractivity contribution is -0.137. The second-order valence-electron chi connectivity index (χ2n) is 9.84. The summed E-state index contributed by atoms with van der Waals surface area (Å²) < 4.78 is 0.665. The first-order valence-corrected chi connectivity index (χ1v) is 13.5. The number of halogens is 1. The van der Waals surface area contributed by atoms with Gasteiger partial charge in [0.25, 0.3) is 5.91 Å². The molecule has 4 rings (SSSR count).